The average Bonchev–Trinajstić information content (AvgIpc) is 3.26. The van der Waals surface area contributed by atoms with Gasteiger partial charge in [-0.25, -0.2) is 9.97 Å². The minimum atomic E-state index is -0.0140. The van der Waals surface area contributed by atoms with Crippen molar-refractivity contribution in [2.24, 2.45) is 7.05 Å². The maximum atomic E-state index is 13.4. The van der Waals surface area contributed by atoms with Gasteiger partial charge in [-0.3, -0.25) is 9.48 Å². The Morgan fingerprint density at radius 3 is 2.77 bits per heavy atom. The summed E-state index contributed by atoms with van der Waals surface area (Å²) < 4.78 is 7.72. The summed E-state index contributed by atoms with van der Waals surface area (Å²) in [5, 5.41) is 5.28. The molecule has 0 spiro atoms. The van der Waals surface area contributed by atoms with Gasteiger partial charge in [0.05, 0.1) is 23.2 Å². The molecule has 4 heterocycles. The minimum Gasteiger partial charge on any atom is -0.445 e. The van der Waals surface area contributed by atoms with Crippen LogP contribution < -0.4 is 0 Å². The molecule has 4 aromatic rings. The van der Waals surface area contributed by atoms with Gasteiger partial charge in [0.25, 0.3) is 5.91 Å². The van der Waals surface area contributed by atoms with Gasteiger partial charge >= 0.3 is 0 Å². The van der Waals surface area contributed by atoms with E-state index in [0.717, 1.165) is 39.4 Å². The van der Waals surface area contributed by atoms with E-state index < -0.39 is 0 Å². The Balaban J connectivity index is 1.43. The lowest BCUT2D eigenvalue weighted by atomic mass is 10.1. The number of hydrogen-bond acceptors (Lipinski definition) is 5. The van der Waals surface area contributed by atoms with Crippen LogP contribution in [0, 0.1) is 13.8 Å². The number of benzene rings is 1. The Hall–Kier alpha value is -3.48. The summed E-state index contributed by atoms with van der Waals surface area (Å²) >= 11 is 0. The summed E-state index contributed by atoms with van der Waals surface area (Å²) in [5.41, 5.74) is 5.02. The first-order valence-corrected chi connectivity index (χ1v) is 10.1. The molecule has 0 unspecified atom stereocenters. The van der Waals surface area contributed by atoms with E-state index in [4.69, 9.17) is 4.42 Å². The number of hydrogen-bond donors (Lipinski definition) is 0. The fourth-order valence-corrected chi connectivity index (χ4v) is 4.18. The van der Waals surface area contributed by atoms with Gasteiger partial charge < -0.3 is 9.32 Å². The summed E-state index contributed by atoms with van der Waals surface area (Å²) in [7, 11) is 1.85. The lowest BCUT2D eigenvalue weighted by molar-refractivity contribution is 0.0729. The summed E-state index contributed by atoms with van der Waals surface area (Å²) in [6.45, 7) is 4.88. The molecule has 0 aliphatic carbocycles. The number of oxazole rings is 1. The molecule has 0 radical (unpaired) electrons. The molecule has 0 N–H and O–H groups in total. The molecule has 0 fully saturated rings. The molecule has 0 saturated heterocycles. The van der Waals surface area contributed by atoms with Gasteiger partial charge in [0.15, 0.2) is 11.5 Å². The van der Waals surface area contributed by atoms with Crippen molar-refractivity contribution < 1.29 is 9.21 Å². The van der Waals surface area contributed by atoms with Crippen LogP contribution >= 0.6 is 0 Å². The highest BCUT2D eigenvalue weighted by Crippen LogP contribution is 2.26. The van der Waals surface area contributed by atoms with Crippen LogP contribution in [0.1, 0.15) is 44.7 Å². The molecule has 7 heteroatoms. The molecule has 1 aliphatic rings. The van der Waals surface area contributed by atoms with Gasteiger partial charge in [-0.05, 0) is 25.5 Å². The highest BCUT2D eigenvalue weighted by atomic mass is 16.4. The number of fused-ring (bicyclic) bond motifs is 2. The van der Waals surface area contributed by atoms with Gasteiger partial charge in [0.1, 0.15) is 11.5 Å². The Kier molecular flexibility index (Phi) is 4.38. The molecule has 3 aromatic heterocycles. The lowest BCUT2D eigenvalue weighted by Crippen LogP contribution is -2.36. The number of rotatable bonds is 3. The van der Waals surface area contributed by atoms with Gasteiger partial charge in [-0.2, -0.15) is 5.10 Å². The highest BCUT2D eigenvalue weighted by molar-refractivity contribution is 6.06. The van der Waals surface area contributed by atoms with E-state index in [2.05, 4.69) is 27.2 Å². The monoisotopic (exact) mass is 401 g/mol. The zero-order chi connectivity index (χ0) is 20.8. The third kappa shape index (κ3) is 3.16. The fourth-order valence-electron chi connectivity index (χ4n) is 4.18. The van der Waals surface area contributed by atoms with E-state index in [-0.39, 0.29) is 5.91 Å². The third-order valence-corrected chi connectivity index (χ3v) is 5.58. The molecule has 30 heavy (non-hydrogen) atoms. The van der Waals surface area contributed by atoms with Crippen LogP contribution in [-0.4, -0.2) is 37.1 Å². The second kappa shape index (κ2) is 7.09. The average molecular weight is 401 g/mol. The van der Waals surface area contributed by atoms with Crippen LogP contribution in [0.15, 0.2) is 40.8 Å². The molecule has 0 bridgehead atoms. The summed E-state index contributed by atoms with van der Waals surface area (Å²) in [4.78, 5) is 24.5. The smallest absolute Gasteiger partial charge is 0.255 e. The maximum absolute atomic E-state index is 13.4. The quantitative estimate of drug-likeness (QED) is 0.526. The van der Waals surface area contributed by atoms with E-state index in [9.17, 15) is 4.79 Å². The van der Waals surface area contributed by atoms with Crippen molar-refractivity contribution in [1.82, 2.24) is 24.6 Å². The van der Waals surface area contributed by atoms with Crippen LogP contribution in [0.25, 0.3) is 11.0 Å². The molecule has 1 aromatic carbocycles. The topological polar surface area (TPSA) is 77.0 Å². The molecule has 1 amide bonds. The van der Waals surface area contributed by atoms with Crippen molar-refractivity contribution in [3.63, 3.8) is 0 Å². The second-order valence-corrected chi connectivity index (χ2v) is 7.84. The maximum Gasteiger partial charge on any atom is 0.255 e. The number of carbonyl (C=O) groups excluding carboxylic acids is 1. The summed E-state index contributed by atoms with van der Waals surface area (Å²) in [6.07, 6.45) is 1.32. The van der Waals surface area contributed by atoms with Crippen LogP contribution in [0.2, 0.25) is 0 Å². The zero-order valence-electron chi connectivity index (χ0n) is 17.3. The van der Waals surface area contributed by atoms with Gasteiger partial charge in [0.2, 0.25) is 0 Å². The lowest BCUT2D eigenvalue weighted by Gasteiger charge is -2.25. The summed E-state index contributed by atoms with van der Waals surface area (Å²) in [6, 6.07) is 12.0. The van der Waals surface area contributed by atoms with Gasteiger partial charge in [-0.15, -0.1) is 0 Å². The molecule has 1 aliphatic heterocycles. The first-order valence-electron chi connectivity index (χ1n) is 10.1. The largest absolute Gasteiger partial charge is 0.445 e. The van der Waals surface area contributed by atoms with Crippen LogP contribution in [0.3, 0.4) is 0 Å². The van der Waals surface area contributed by atoms with Gasteiger partial charge in [0, 0.05) is 32.1 Å². The number of pyridine rings is 1. The SMILES string of the molecule is Cc1cc(C(=O)N2CCc3oc(Cc4ccccc4)nc3C2)c2c(C)nn(C)c2n1. The molecule has 0 saturated carbocycles. The van der Waals surface area contributed by atoms with Crippen LogP contribution in [0.5, 0.6) is 0 Å². The standard InChI is InChI=1S/C23H23N5O2/c1-14-11-17(21-15(2)26-27(3)22(21)24-14)23(29)28-10-9-19-18(13-28)25-20(30-19)12-16-7-5-4-6-8-16/h4-8,11H,9-10,12-13H2,1-3H3. The number of carbonyl (C=O) groups is 1. The van der Waals surface area contributed by atoms with E-state index in [1.807, 2.05) is 50.1 Å². The minimum absolute atomic E-state index is 0.0140. The van der Waals surface area contributed by atoms with Crippen LogP contribution in [-0.2, 0) is 26.4 Å². The Morgan fingerprint density at radius 2 is 1.97 bits per heavy atom. The van der Waals surface area contributed by atoms with Crippen molar-refractivity contribution in [1.29, 1.82) is 0 Å². The Labute approximate surface area is 174 Å². The molecular weight excluding hydrogens is 378 g/mol. The first-order chi connectivity index (χ1) is 14.5. The van der Waals surface area contributed by atoms with Crippen molar-refractivity contribution in [3.05, 3.63) is 76.3 Å². The number of aromatic nitrogens is 4. The molecule has 0 atom stereocenters. The Morgan fingerprint density at radius 1 is 1.17 bits per heavy atom. The molecular formula is C23H23N5O2. The van der Waals surface area contributed by atoms with Gasteiger partial charge in [-0.1, -0.05) is 30.3 Å². The fraction of sp³-hybridized carbons (Fsp3) is 0.304. The van der Waals surface area contributed by atoms with Crippen LogP contribution in [0.4, 0.5) is 0 Å². The van der Waals surface area contributed by atoms with E-state index in [1.165, 1.54) is 0 Å². The number of nitrogens with zero attached hydrogens (tertiary/aromatic N) is 5. The molecule has 7 nitrogen and oxygen atoms in total. The zero-order valence-corrected chi connectivity index (χ0v) is 17.3. The van der Waals surface area contributed by atoms with Crippen molar-refractivity contribution in [3.8, 4) is 0 Å². The third-order valence-electron chi connectivity index (χ3n) is 5.58. The number of amides is 1. The predicted octanol–water partition coefficient (Wildman–Crippen LogP) is 3.36. The van der Waals surface area contributed by atoms with E-state index in [0.29, 0.717) is 37.4 Å². The first kappa shape index (κ1) is 18.5. The van der Waals surface area contributed by atoms with E-state index >= 15 is 0 Å². The second-order valence-electron chi connectivity index (χ2n) is 7.84. The number of aryl methyl sites for hydroxylation is 3. The highest BCUT2D eigenvalue weighted by Gasteiger charge is 2.28. The predicted molar refractivity (Wildman–Crippen MR) is 112 cm³/mol. The Bertz CT molecular complexity index is 1260. The molecule has 152 valence electrons. The normalized spacial score (nSPS) is 13.6. The van der Waals surface area contributed by atoms with Crippen molar-refractivity contribution >= 4 is 16.9 Å². The summed E-state index contributed by atoms with van der Waals surface area (Å²) in [5.74, 6) is 1.57. The van der Waals surface area contributed by atoms with Crippen molar-refractivity contribution in [2.75, 3.05) is 6.54 Å². The molecule has 5 rings (SSSR count). The van der Waals surface area contributed by atoms with E-state index in [1.54, 1.807) is 4.68 Å². The van der Waals surface area contributed by atoms with Crippen molar-refractivity contribution in [2.45, 2.75) is 33.2 Å².